The zero-order chi connectivity index (χ0) is 28.6. The van der Waals surface area contributed by atoms with Gasteiger partial charge >= 0.3 is 5.91 Å². The number of anilines is 1. The molecule has 204 valence electrons. The number of carbonyl (C=O) groups is 2. The van der Waals surface area contributed by atoms with Gasteiger partial charge in [-0.05, 0) is 53.0 Å². The molecule has 1 saturated heterocycles. The van der Waals surface area contributed by atoms with Gasteiger partial charge in [-0.1, -0.05) is 82.8 Å². The summed E-state index contributed by atoms with van der Waals surface area (Å²) in [4.78, 5) is 28.2. The van der Waals surface area contributed by atoms with Crippen LogP contribution in [0.1, 0.15) is 33.9 Å². The van der Waals surface area contributed by atoms with E-state index in [4.69, 9.17) is 4.74 Å². The molecular formula is C29H24BrN3O5S2. The van der Waals surface area contributed by atoms with Crippen LogP contribution in [-0.2, 0) is 15.3 Å². The monoisotopic (exact) mass is 637 g/mol. The number of ether oxygens (including phenoxy) is 1. The molecule has 1 aromatic heterocycles. The fourth-order valence-electron chi connectivity index (χ4n) is 4.31. The Balaban J connectivity index is 1.59. The number of hydrogen-bond acceptors (Lipinski definition) is 9. The normalized spacial score (nSPS) is 16.5. The Morgan fingerprint density at radius 2 is 1.70 bits per heavy atom. The van der Waals surface area contributed by atoms with Gasteiger partial charge in [0.2, 0.25) is 5.13 Å². The molecule has 1 aliphatic heterocycles. The number of aromatic nitrogens is 2. The molecule has 11 heteroatoms. The molecule has 8 nitrogen and oxygen atoms in total. The number of nitrogens with zero attached hydrogens (tertiary/aromatic N) is 3. The summed E-state index contributed by atoms with van der Waals surface area (Å²) in [5, 5.41) is 30.5. The predicted molar refractivity (Wildman–Crippen MR) is 159 cm³/mol. The number of benzene rings is 3. The number of halogens is 1. The van der Waals surface area contributed by atoms with Gasteiger partial charge in [-0.3, -0.25) is 14.5 Å². The Hall–Kier alpha value is -3.67. The van der Waals surface area contributed by atoms with Crippen LogP contribution in [0.2, 0.25) is 0 Å². The Kier molecular flexibility index (Phi) is 7.97. The number of aryl methyl sites for hydroxylation is 2. The Labute approximate surface area is 247 Å². The van der Waals surface area contributed by atoms with Crippen molar-refractivity contribution >= 4 is 61.6 Å². The van der Waals surface area contributed by atoms with Crippen LogP contribution in [-0.4, -0.2) is 39.2 Å². The summed E-state index contributed by atoms with van der Waals surface area (Å²) in [6.45, 7) is 3.94. The van der Waals surface area contributed by atoms with Crippen LogP contribution in [0.5, 0.6) is 11.5 Å². The lowest BCUT2D eigenvalue weighted by Gasteiger charge is -2.23. The average molecular weight is 639 g/mol. The minimum Gasteiger partial charge on any atom is -0.507 e. The molecule has 0 bridgehead atoms. The van der Waals surface area contributed by atoms with Crippen LogP contribution < -0.4 is 9.64 Å². The van der Waals surface area contributed by atoms with Gasteiger partial charge in [0.25, 0.3) is 5.78 Å². The Morgan fingerprint density at radius 3 is 2.35 bits per heavy atom. The summed E-state index contributed by atoms with van der Waals surface area (Å²) in [5.41, 5.74) is 3.99. The molecule has 1 amide bonds. The quantitative estimate of drug-likeness (QED) is 0.0771. The summed E-state index contributed by atoms with van der Waals surface area (Å²) in [5.74, 6) is -1.34. The predicted octanol–water partition coefficient (Wildman–Crippen LogP) is 6.55. The van der Waals surface area contributed by atoms with E-state index in [9.17, 15) is 19.8 Å². The molecule has 0 saturated carbocycles. The molecule has 1 unspecified atom stereocenters. The zero-order valence-electron chi connectivity index (χ0n) is 21.7. The van der Waals surface area contributed by atoms with Gasteiger partial charge in [-0.15, -0.1) is 10.2 Å². The third kappa shape index (κ3) is 5.36. The van der Waals surface area contributed by atoms with Crippen LogP contribution in [0.15, 0.2) is 75.0 Å². The lowest BCUT2D eigenvalue weighted by Crippen LogP contribution is -2.29. The number of rotatable bonds is 7. The maximum atomic E-state index is 13.5. The van der Waals surface area contributed by atoms with Gasteiger partial charge < -0.3 is 14.9 Å². The lowest BCUT2D eigenvalue weighted by atomic mass is 9.95. The number of aliphatic hydroxyl groups excluding tert-OH is 1. The van der Waals surface area contributed by atoms with Gasteiger partial charge in [-0.2, -0.15) is 0 Å². The van der Waals surface area contributed by atoms with Gasteiger partial charge in [0.15, 0.2) is 15.8 Å². The standard InChI is InChI=1S/C29H24BrN3O5S2/c1-15-4-8-17(9-5-15)14-39-29-32-31-28(40-29)33-23(19-12-20(30)25(35)21(13-19)38-3)22(26(36)27(33)37)24(34)18-10-6-16(2)7-11-18/h4-13,23,34-35H,14H2,1-3H3/b24-22-. The number of amides is 1. The number of aliphatic hydroxyl groups is 1. The third-order valence-corrected chi connectivity index (χ3v) is 9.17. The molecule has 0 aliphatic carbocycles. The highest BCUT2D eigenvalue weighted by Crippen LogP contribution is 2.47. The summed E-state index contributed by atoms with van der Waals surface area (Å²) in [7, 11) is 1.40. The van der Waals surface area contributed by atoms with Crippen molar-refractivity contribution in [3.8, 4) is 11.5 Å². The van der Waals surface area contributed by atoms with E-state index in [2.05, 4.69) is 26.1 Å². The number of thioether (sulfide) groups is 1. The van der Waals surface area contributed by atoms with E-state index in [1.807, 2.05) is 50.2 Å². The molecule has 1 atom stereocenters. The van der Waals surface area contributed by atoms with Crippen molar-refractivity contribution in [3.05, 3.63) is 98.5 Å². The van der Waals surface area contributed by atoms with E-state index >= 15 is 0 Å². The van der Waals surface area contributed by atoms with Gasteiger partial charge in [0.05, 0.1) is 23.2 Å². The smallest absolute Gasteiger partial charge is 0.301 e. The zero-order valence-corrected chi connectivity index (χ0v) is 24.9. The topological polar surface area (TPSA) is 113 Å². The first-order valence-corrected chi connectivity index (χ1v) is 14.7. The first-order valence-electron chi connectivity index (χ1n) is 12.1. The van der Waals surface area contributed by atoms with Crippen LogP contribution in [0.3, 0.4) is 0 Å². The molecule has 0 spiro atoms. The van der Waals surface area contributed by atoms with E-state index in [1.165, 1.54) is 46.7 Å². The van der Waals surface area contributed by atoms with Crippen LogP contribution in [0.25, 0.3) is 5.76 Å². The van der Waals surface area contributed by atoms with Crippen molar-refractivity contribution in [1.29, 1.82) is 0 Å². The number of hydrogen-bond donors (Lipinski definition) is 2. The minimum atomic E-state index is -1.05. The first kappa shape index (κ1) is 27.9. The minimum absolute atomic E-state index is 0.0995. The van der Waals surface area contributed by atoms with Crippen molar-refractivity contribution in [2.75, 3.05) is 12.0 Å². The molecule has 2 N–H and O–H groups in total. The van der Waals surface area contributed by atoms with E-state index in [0.717, 1.165) is 11.1 Å². The van der Waals surface area contributed by atoms with E-state index in [-0.39, 0.29) is 28.0 Å². The number of carbonyl (C=O) groups excluding carboxylic acids is 2. The summed E-state index contributed by atoms with van der Waals surface area (Å²) >= 11 is 5.98. The molecular weight excluding hydrogens is 614 g/mol. The third-order valence-electron chi connectivity index (χ3n) is 6.44. The number of phenolic OH excluding ortho intramolecular Hbond substituents is 1. The van der Waals surface area contributed by atoms with Crippen molar-refractivity contribution in [2.45, 2.75) is 30.0 Å². The second kappa shape index (κ2) is 11.4. The molecule has 1 fully saturated rings. The highest BCUT2D eigenvalue weighted by molar-refractivity contribution is 9.10. The van der Waals surface area contributed by atoms with Crippen LogP contribution in [0.4, 0.5) is 5.13 Å². The summed E-state index contributed by atoms with van der Waals surface area (Å²) < 4.78 is 6.25. The van der Waals surface area contributed by atoms with Gasteiger partial charge in [-0.25, -0.2) is 0 Å². The average Bonchev–Trinajstić information content (AvgIpc) is 3.51. The fraction of sp³-hybridized carbons (Fsp3) is 0.172. The van der Waals surface area contributed by atoms with Crippen LogP contribution in [0, 0.1) is 13.8 Å². The molecule has 40 heavy (non-hydrogen) atoms. The molecule has 2 heterocycles. The molecule has 4 aromatic rings. The lowest BCUT2D eigenvalue weighted by molar-refractivity contribution is -0.132. The van der Waals surface area contributed by atoms with Crippen molar-refractivity contribution in [2.24, 2.45) is 0 Å². The largest absolute Gasteiger partial charge is 0.507 e. The maximum absolute atomic E-state index is 13.5. The number of phenols is 1. The highest BCUT2D eigenvalue weighted by atomic mass is 79.9. The first-order chi connectivity index (χ1) is 19.2. The second-order valence-electron chi connectivity index (χ2n) is 9.21. The Morgan fingerprint density at radius 1 is 1.05 bits per heavy atom. The van der Waals surface area contributed by atoms with Crippen molar-refractivity contribution in [1.82, 2.24) is 10.2 Å². The van der Waals surface area contributed by atoms with E-state index in [1.54, 1.807) is 18.2 Å². The van der Waals surface area contributed by atoms with Crippen molar-refractivity contribution in [3.63, 3.8) is 0 Å². The number of ketones is 1. The molecule has 3 aromatic carbocycles. The molecule has 0 radical (unpaired) electrons. The number of aromatic hydroxyl groups is 1. The molecule has 5 rings (SSSR count). The summed E-state index contributed by atoms with van der Waals surface area (Å²) in [6.07, 6.45) is 0. The number of Topliss-reactive ketones (excluding diaryl/α,β-unsaturated/α-hetero) is 1. The number of methoxy groups -OCH3 is 1. The van der Waals surface area contributed by atoms with E-state index < -0.39 is 17.7 Å². The van der Waals surface area contributed by atoms with Crippen LogP contribution >= 0.6 is 39.0 Å². The van der Waals surface area contributed by atoms with Crippen molar-refractivity contribution < 1.29 is 24.5 Å². The second-order valence-corrected chi connectivity index (χ2v) is 12.2. The SMILES string of the molecule is COc1cc(C2/C(=C(/O)c3ccc(C)cc3)C(=O)C(=O)N2c2nnc(SCc3ccc(C)cc3)s2)cc(Br)c1O. The fourth-order valence-corrected chi connectivity index (χ4v) is 6.59. The van der Waals surface area contributed by atoms with E-state index in [0.29, 0.717) is 25.7 Å². The summed E-state index contributed by atoms with van der Waals surface area (Å²) in [6, 6.07) is 17.2. The van der Waals surface area contributed by atoms with Gasteiger partial charge in [0, 0.05) is 11.3 Å². The molecule has 1 aliphatic rings. The maximum Gasteiger partial charge on any atom is 0.301 e. The van der Waals surface area contributed by atoms with Gasteiger partial charge in [0.1, 0.15) is 5.76 Å². The highest BCUT2D eigenvalue weighted by Gasteiger charge is 2.48. The Bertz CT molecular complexity index is 1630.